The number of hydrogen-bond acceptors (Lipinski definition) is 6. The number of aryl methyl sites for hydroxylation is 2. The van der Waals surface area contributed by atoms with Crippen molar-refractivity contribution < 1.29 is 22.1 Å². The minimum absolute atomic E-state index is 0.0956. The lowest BCUT2D eigenvalue weighted by Crippen LogP contribution is -2.35. The minimum Gasteiger partial charge on any atom is -0.495 e. The van der Waals surface area contributed by atoms with Crippen LogP contribution in [0.25, 0.3) is 11.3 Å². The number of aromatic nitrogens is 1. The summed E-state index contributed by atoms with van der Waals surface area (Å²) in [5.74, 6) is 1.67. The Hall–Kier alpha value is -2.58. The summed E-state index contributed by atoms with van der Waals surface area (Å²) in [6.07, 6.45) is 2.90. The average Bonchev–Trinajstić information content (AvgIpc) is 3.35. The summed E-state index contributed by atoms with van der Waals surface area (Å²) in [7, 11) is -0.755. The first-order chi connectivity index (χ1) is 13.8. The molecule has 0 spiro atoms. The highest BCUT2D eigenvalue weighted by Gasteiger charge is 2.29. The maximum absolute atomic E-state index is 13.4. The van der Waals surface area contributed by atoms with Gasteiger partial charge in [0.05, 0.1) is 19.1 Å². The Balaban J connectivity index is 1.91. The van der Waals surface area contributed by atoms with Crippen molar-refractivity contribution in [3.63, 3.8) is 0 Å². The maximum atomic E-state index is 13.4. The molecule has 8 heteroatoms. The summed E-state index contributed by atoms with van der Waals surface area (Å²) in [6, 6.07) is 8.47. The Bertz CT molecular complexity index is 1070. The topological polar surface area (TPSA) is 85.8 Å². The van der Waals surface area contributed by atoms with Crippen molar-refractivity contribution in [1.82, 2.24) is 9.46 Å². The molecule has 0 amide bonds. The molecule has 7 nitrogen and oxygen atoms in total. The van der Waals surface area contributed by atoms with Crippen molar-refractivity contribution in [2.45, 2.75) is 44.6 Å². The molecule has 0 N–H and O–H groups in total. The van der Waals surface area contributed by atoms with E-state index in [0.29, 0.717) is 24.2 Å². The second-order valence-electron chi connectivity index (χ2n) is 7.08. The molecule has 0 aliphatic rings. The number of hydrogen-bond donors (Lipinski definition) is 0. The molecular weight excluding hydrogens is 392 g/mol. The predicted molar refractivity (Wildman–Crippen MR) is 109 cm³/mol. The number of nitrogens with zero attached hydrogens (tertiary/aromatic N) is 2. The fraction of sp³-hybridized carbons (Fsp3) is 0.381. The van der Waals surface area contributed by atoms with Crippen molar-refractivity contribution >= 4 is 10.0 Å². The van der Waals surface area contributed by atoms with Crippen LogP contribution < -0.4 is 4.74 Å². The van der Waals surface area contributed by atoms with Crippen LogP contribution in [0.5, 0.6) is 5.75 Å². The standard InChI is InChI=1S/C21H26N2O5S/c1-14(8-10-18-7-6-12-27-18)23(4)29(24,25)20-13-17(9-11-19(20)26-5)21-15(2)16(3)22-28-21/h6-7,9,11-14H,8,10H2,1-5H3/t14-/m1/s1. The number of rotatable bonds is 8. The molecule has 0 unspecified atom stereocenters. The first kappa shape index (κ1) is 21.1. The zero-order valence-electron chi connectivity index (χ0n) is 17.3. The van der Waals surface area contributed by atoms with Crippen LogP contribution in [-0.4, -0.2) is 38.1 Å². The van der Waals surface area contributed by atoms with Gasteiger partial charge in [0.15, 0.2) is 5.76 Å². The summed E-state index contributed by atoms with van der Waals surface area (Å²) in [5, 5.41) is 3.96. The van der Waals surface area contributed by atoms with Gasteiger partial charge < -0.3 is 13.7 Å². The van der Waals surface area contributed by atoms with Crippen LogP contribution in [0.3, 0.4) is 0 Å². The highest BCUT2D eigenvalue weighted by molar-refractivity contribution is 7.89. The highest BCUT2D eigenvalue weighted by Crippen LogP contribution is 2.34. The summed E-state index contributed by atoms with van der Waals surface area (Å²) in [5.41, 5.74) is 2.28. The van der Waals surface area contributed by atoms with E-state index >= 15 is 0 Å². The number of methoxy groups -OCH3 is 1. The van der Waals surface area contributed by atoms with Gasteiger partial charge in [-0.1, -0.05) is 5.16 Å². The number of ether oxygens (including phenoxy) is 1. The molecule has 156 valence electrons. The van der Waals surface area contributed by atoms with Crippen LogP contribution in [0.4, 0.5) is 0 Å². The molecule has 0 radical (unpaired) electrons. The number of furan rings is 1. The Morgan fingerprint density at radius 3 is 2.59 bits per heavy atom. The summed E-state index contributed by atoms with van der Waals surface area (Å²) < 4.78 is 44.2. The minimum atomic E-state index is -3.79. The van der Waals surface area contributed by atoms with Gasteiger partial charge in [-0.05, 0) is 57.5 Å². The largest absolute Gasteiger partial charge is 0.495 e. The van der Waals surface area contributed by atoms with E-state index in [4.69, 9.17) is 13.7 Å². The van der Waals surface area contributed by atoms with Crippen LogP contribution in [-0.2, 0) is 16.4 Å². The molecule has 3 rings (SSSR count). The average molecular weight is 419 g/mol. The molecule has 0 saturated carbocycles. The first-order valence-corrected chi connectivity index (χ1v) is 10.8. The first-order valence-electron chi connectivity index (χ1n) is 9.37. The molecule has 0 fully saturated rings. The monoisotopic (exact) mass is 418 g/mol. The molecule has 2 aromatic heterocycles. The SMILES string of the molecule is COc1ccc(-c2onc(C)c2C)cc1S(=O)(=O)N(C)[C@H](C)CCc1ccco1. The number of sulfonamides is 1. The predicted octanol–water partition coefficient (Wildman–Crippen LogP) is 4.20. The van der Waals surface area contributed by atoms with Gasteiger partial charge in [-0.3, -0.25) is 0 Å². The molecule has 2 heterocycles. The van der Waals surface area contributed by atoms with E-state index in [0.717, 1.165) is 17.0 Å². The zero-order valence-corrected chi connectivity index (χ0v) is 18.1. The molecule has 0 aliphatic heterocycles. The Morgan fingerprint density at radius 1 is 1.24 bits per heavy atom. The molecule has 29 heavy (non-hydrogen) atoms. The van der Waals surface area contributed by atoms with Crippen LogP contribution in [0, 0.1) is 13.8 Å². The van der Waals surface area contributed by atoms with Crippen LogP contribution in [0.15, 0.2) is 50.4 Å². The summed E-state index contributed by atoms with van der Waals surface area (Å²) >= 11 is 0. The fourth-order valence-electron chi connectivity index (χ4n) is 3.08. The van der Waals surface area contributed by atoms with Gasteiger partial charge >= 0.3 is 0 Å². The molecular formula is C21H26N2O5S. The third-order valence-corrected chi connectivity index (χ3v) is 7.24. The van der Waals surface area contributed by atoms with Crippen molar-refractivity contribution in [2.24, 2.45) is 0 Å². The molecule has 0 aliphatic carbocycles. The Labute approximate surface area is 171 Å². The highest BCUT2D eigenvalue weighted by atomic mass is 32.2. The van der Waals surface area contributed by atoms with Crippen molar-refractivity contribution in [1.29, 1.82) is 0 Å². The van der Waals surface area contributed by atoms with E-state index in [2.05, 4.69) is 5.16 Å². The van der Waals surface area contributed by atoms with Gasteiger partial charge in [-0.25, -0.2) is 8.42 Å². The molecule has 0 saturated heterocycles. The van der Waals surface area contributed by atoms with Crippen molar-refractivity contribution in [3.8, 4) is 17.1 Å². The lowest BCUT2D eigenvalue weighted by molar-refractivity contribution is 0.356. The van der Waals surface area contributed by atoms with Gasteiger partial charge in [-0.15, -0.1) is 0 Å². The van der Waals surface area contributed by atoms with Crippen molar-refractivity contribution in [2.75, 3.05) is 14.2 Å². The Morgan fingerprint density at radius 2 is 2.00 bits per heavy atom. The van der Waals surface area contributed by atoms with Crippen LogP contribution in [0.1, 0.15) is 30.4 Å². The maximum Gasteiger partial charge on any atom is 0.246 e. The molecule has 1 atom stereocenters. The quantitative estimate of drug-likeness (QED) is 0.545. The van der Waals surface area contributed by atoms with Crippen LogP contribution in [0.2, 0.25) is 0 Å². The van der Waals surface area contributed by atoms with E-state index < -0.39 is 10.0 Å². The Kier molecular flexibility index (Phi) is 6.14. The lowest BCUT2D eigenvalue weighted by atomic mass is 10.1. The number of benzene rings is 1. The normalized spacial score (nSPS) is 13.0. The van der Waals surface area contributed by atoms with Gasteiger partial charge in [0, 0.05) is 30.6 Å². The van der Waals surface area contributed by atoms with E-state index in [1.165, 1.54) is 11.4 Å². The smallest absolute Gasteiger partial charge is 0.246 e. The van der Waals surface area contributed by atoms with E-state index in [1.54, 1.807) is 31.5 Å². The van der Waals surface area contributed by atoms with Crippen molar-refractivity contribution in [3.05, 3.63) is 53.6 Å². The second-order valence-corrected chi connectivity index (χ2v) is 9.04. The van der Waals surface area contributed by atoms with Gasteiger partial charge in [0.25, 0.3) is 0 Å². The molecule has 3 aromatic rings. The van der Waals surface area contributed by atoms with E-state index in [1.807, 2.05) is 32.9 Å². The van der Waals surface area contributed by atoms with E-state index in [-0.39, 0.29) is 16.7 Å². The third-order valence-electron chi connectivity index (χ3n) is 5.25. The van der Waals surface area contributed by atoms with Gasteiger partial charge in [0.2, 0.25) is 10.0 Å². The fourth-order valence-corrected chi connectivity index (χ4v) is 4.65. The van der Waals surface area contributed by atoms with Crippen LogP contribution >= 0.6 is 0 Å². The summed E-state index contributed by atoms with van der Waals surface area (Å²) in [4.78, 5) is 0.0956. The molecule has 1 aromatic carbocycles. The van der Waals surface area contributed by atoms with Gasteiger partial charge in [-0.2, -0.15) is 4.31 Å². The third kappa shape index (κ3) is 4.23. The summed E-state index contributed by atoms with van der Waals surface area (Å²) in [6.45, 7) is 5.61. The lowest BCUT2D eigenvalue weighted by Gasteiger charge is -2.25. The van der Waals surface area contributed by atoms with E-state index in [9.17, 15) is 8.42 Å². The molecule has 0 bridgehead atoms. The van der Waals surface area contributed by atoms with Gasteiger partial charge in [0.1, 0.15) is 16.4 Å². The second kappa shape index (κ2) is 8.42. The zero-order chi connectivity index (χ0) is 21.2.